The smallest absolute Gasteiger partial charge is 0.269 e. The van der Waals surface area contributed by atoms with E-state index in [2.05, 4.69) is 10.9 Å². The zero-order chi connectivity index (χ0) is 16.7. The largest absolute Gasteiger partial charge is 0.496 e. The van der Waals surface area contributed by atoms with Gasteiger partial charge in [-0.3, -0.25) is 20.4 Å². The molecule has 2 amide bonds. The first-order valence-electron chi connectivity index (χ1n) is 7.38. The van der Waals surface area contributed by atoms with Crippen molar-refractivity contribution in [3.63, 3.8) is 0 Å². The molecule has 0 heterocycles. The summed E-state index contributed by atoms with van der Waals surface area (Å²) in [4.78, 5) is 23.7. The molecule has 120 valence electrons. The van der Waals surface area contributed by atoms with E-state index in [9.17, 15) is 9.59 Å². The number of ether oxygens (including phenoxy) is 1. The van der Waals surface area contributed by atoms with Gasteiger partial charge in [0.15, 0.2) is 0 Å². The number of hydrogen-bond donors (Lipinski definition) is 2. The second kappa shape index (κ2) is 7.98. The summed E-state index contributed by atoms with van der Waals surface area (Å²) in [6.07, 6.45) is 0.796. The predicted octanol–water partition coefficient (Wildman–Crippen LogP) is 2.40. The van der Waals surface area contributed by atoms with Gasteiger partial charge in [0.25, 0.3) is 5.91 Å². The quantitative estimate of drug-likeness (QED) is 0.833. The minimum atomic E-state index is -0.337. The number of carbonyl (C=O) groups excluding carboxylic acids is 2. The van der Waals surface area contributed by atoms with Crippen molar-refractivity contribution >= 4 is 11.8 Å². The Kier molecular flexibility index (Phi) is 5.74. The lowest BCUT2D eigenvalue weighted by Gasteiger charge is -2.09. The van der Waals surface area contributed by atoms with Crippen molar-refractivity contribution in [3.8, 4) is 5.75 Å². The molecule has 0 aliphatic rings. The number of hydrogen-bond acceptors (Lipinski definition) is 3. The van der Waals surface area contributed by atoms with Crippen LogP contribution in [0, 0.1) is 6.92 Å². The van der Waals surface area contributed by atoms with Gasteiger partial charge in [-0.15, -0.1) is 0 Å². The van der Waals surface area contributed by atoms with Gasteiger partial charge in [-0.2, -0.15) is 0 Å². The number of nitrogens with one attached hydrogen (secondary N) is 2. The molecular weight excluding hydrogens is 292 g/mol. The first kappa shape index (κ1) is 16.5. The first-order valence-corrected chi connectivity index (χ1v) is 7.38. The molecular formula is C18H20N2O3. The van der Waals surface area contributed by atoms with Crippen LogP contribution in [-0.2, 0) is 11.2 Å². The molecule has 2 aromatic rings. The maximum Gasteiger partial charge on any atom is 0.269 e. The van der Waals surface area contributed by atoms with E-state index in [1.54, 1.807) is 19.2 Å². The molecule has 2 rings (SSSR count). The van der Waals surface area contributed by atoms with Gasteiger partial charge in [0.2, 0.25) is 5.91 Å². The number of benzene rings is 2. The van der Waals surface area contributed by atoms with Crippen molar-refractivity contribution in [2.24, 2.45) is 0 Å². The van der Waals surface area contributed by atoms with Crippen molar-refractivity contribution in [2.75, 3.05) is 7.11 Å². The number of carbonyl (C=O) groups is 2. The number of aryl methyl sites for hydroxylation is 2. The average Bonchev–Trinajstić information content (AvgIpc) is 2.58. The monoisotopic (exact) mass is 312 g/mol. The van der Waals surface area contributed by atoms with Crippen molar-refractivity contribution in [2.45, 2.75) is 19.8 Å². The summed E-state index contributed by atoms with van der Waals surface area (Å²) in [5.41, 5.74) is 7.36. The summed E-state index contributed by atoms with van der Waals surface area (Å²) in [7, 11) is 1.60. The molecule has 23 heavy (non-hydrogen) atoms. The third kappa shape index (κ3) is 4.85. The first-order chi connectivity index (χ1) is 11.1. The molecule has 2 aromatic carbocycles. The van der Waals surface area contributed by atoms with E-state index >= 15 is 0 Å². The minimum Gasteiger partial charge on any atom is -0.496 e. The van der Waals surface area contributed by atoms with Gasteiger partial charge in [-0.25, -0.2) is 0 Å². The number of methoxy groups -OCH3 is 1. The molecule has 0 saturated carbocycles. The molecule has 5 heteroatoms. The van der Waals surface area contributed by atoms with Crippen LogP contribution in [-0.4, -0.2) is 18.9 Å². The number of amides is 2. The topological polar surface area (TPSA) is 67.4 Å². The Morgan fingerprint density at radius 3 is 2.39 bits per heavy atom. The lowest BCUT2D eigenvalue weighted by atomic mass is 10.1. The third-order valence-corrected chi connectivity index (χ3v) is 3.44. The summed E-state index contributed by atoms with van der Waals surface area (Å²) in [5.74, 6) is 0.163. The molecule has 0 bridgehead atoms. The molecule has 0 fully saturated rings. The van der Waals surface area contributed by atoms with Gasteiger partial charge in [0, 0.05) is 12.0 Å². The number of rotatable bonds is 5. The third-order valence-electron chi connectivity index (χ3n) is 3.44. The highest BCUT2D eigenvalue weighted by Gasteiger charge is 2.08. The molecule has 0 atom stereocenters. The van der Waals surface area contributed by atoms with E-state index in [4.69, 9.17) is 4.74 Å². The molecule has 0 saturated heterocycles. The molecule has 0 aromatic heterocycles. The van der Waals surface area contributed by atoms with Gasteiger partial charge in [-0.1, -0.05) is 35.9 Å². The highest BCUT2D eigenvalue weighted by Crippen LogP contribution is 2.18. The molecule has 2 N–H and O–H groups in total. The van der Waals surface area contributed by atoms with E-state index in [0.717, 1.165) is 16.9 Å². The van der Waals surface area contributed by atoms with Gasteiger partial charge in [0.1, 0.15) is 5.75 Å². The summed E-state index contributed by atoms with van der Waals surface area (Å²) in [6.45, 7) is 1.95. The molecule has 0 radical (unpaired) electrons. The molecule has 5 nitrogen and oxygen atoms in total. The standard InChI is InChI=1S/C18H20N2O3/c1-13-7-9-15(10-8-13)18(22)20-19-17(21)12-11-14-5-3-4-6-16(14)23-2/h3-10H,11-12H2,1-2H3,(H,19,21)(H,20,22). The second-order valence-corrected chi connectivity index (χ2v) is 5.18. The zero-order valence-corrected chi connectivity index (χ0v) is 13.3. The molecule has 0 unspecified atom stereocenters. The van der Waals surface area contributed by atoms with Crippen LogP contribution in [0.1, 0.15) is 27.9 Å². The van der Waals surface area contributed by atoms with Crippen LogP contribution in [0.25, 0.3) is 0 Å². The lowest BCUT2D eigenvalue weighted by molar-refractivity contribution is -0.121. The van der Waals surface area contributed by atoms with Crippen molar-refractivity contribution in [1.29, 1.82) is 0 Å². The van der Waals surface area contributed by atoms with E-state index in [0.29, 0.717) is 12.0 Å². The lowest BCUT2D eigenvalue weighted by Crippen LogP contribution is -2.41. The van der Waals surface area contributed by atoms with Gasteiger partial charge >= 0.3 is 0 Å². The van der Waals surface area contributed by atoms with Crippen LogP contribution >= 0.6 is 0 Å². The van der Waals surface area contributed by atoms with Crippen molar-refractivity contribution < 1.29 is 14.3 Å². The van der Waals surface area contributed by atoms with E-state index < -0.39 is 0 Å². The van der Waals surface area contributed by atoms with Crippen molar-refractivity contribution in [1.82, 2.24) is 10.9 Å². The van der Waals surface area contributed by atoms with Crippen molar-refractivity contribution in [3.05, 3.63) is 65.2 Å². The number of hydrazine groups is 1. The summed E-state index contributed by atoms with van der Waals surface area (Å²) >= 11 is 0. The Morgan fingerprint density at radius 2 is 1.70 bits per heavy atom. The maximum absolute atomic E-state index is 11.9. The van der Waals surface area contributed by atoms with Crippen LogP contribution in [0.15, 0.2) is 48.5 Å². The second-order valence-electron chi connectivity index (χ2n) is 5.18. The SMILES string of the molecule is COc1ccccc1CCC(=O)NNC(=O)c1ccc(C)cc1. The summed E-state index contributed by atoms with van der Waals surface area (Å²) < 4.78 is 5.24. The Bertz CT molecular complexity index is 681. The van der Waals surface area contributed by atoms with E-state index in [1.807, 2.05) is 43.3 Å². The van der Waals surface area contributed by atoms with Gasteiger partial charge < -0.3 is 4.74 Å². The number of para-hydroxylation sites is 1. The minimum absolute atomic E-state index is 0.253. The normalized spacial score (nSPS) is 10.0. The van der Waals surface area contributed by atoms with Crippen LogP contribution in [0.2, 0.25) is 0 Å². The fraction of sp³-hybridized carbons (Fsp3) is 0.222. The van der Waals surface area contributed by atoms with Crippen LogP contribution in [0.3, 0.4) is 0 Å². The summed E-state index contributed by atoms with van der Waals surface area (Å²) in [6, 6.07) is 14.7. The maximum atomic E-state index is 11.9. The Labute approximate surface area is 135 Å². The zero-order valence-electron chi connectivity index (χ0n) is 13.3. The fourth-order valence-corrected chi connectivity index (χ4v) is 2.12. The summed E-state index contributed by atoms with van der Waals surface area (Å²) in [5, 5.41) is 0. The van der Waals surface area contributed by atoms with Gasteiger partial charge in [0.05, 0.1) is 7.11 Å². The van der Waals surface area contributed by atoms with E-state index in [1.165, 1.54) is 0 Å². The molecule has 0 spiro atoms. The molecule has 0 aliphatic carbocycles. The molecule has 0 aliphatic heterocycles. The van der Waals surface area contributed by atoms with Crippen LogP contribution in [0.4, 0.5) is 0 Å². The Hall–Kier alpha value is -2.82. The van der Waals surface area contributed by atoms with Gasteiger partial charge in [-0.05, 0) is 37.1 Å². The Morgan fingerprint density at radius 1 is 1.00 bits per heavy atom. The average molecular weight is 312 g/mol. The van der Waals surface area contributed by atoms with Crippen LogP contribution in [0.5, 0.6) is 5.75 Å². The van der Waals surface area contributed by atoms with E-state index in [-0.39, 0.29) is 18.2 Å². The van der Waals surface area contributed by atoms with Crippen LogP contribution < -0.4 is 15.6 Å². The highest BCUT2D eigenvalue weighted by atomic mass is 16.5. The highest BCUT2D eigenvalue weighted by molar-refractivity contribution is 5.95. The Balaban J connectivity index is 1.81. The predicted molar refractivity (Wildman–Crippen MR) is 88.1 cm³/mol. The fourth-order valence-electron chi connectivity index (χ4n) is 2.12.